The van der Waals surface area contributed by atoms with E-state index in [4.69, 9.17) is 0 Å². The molecule has 14 aromatic rings. The van der Waals surface area contributed by atoms with Gasteiger partial charge in [-0.05, 0) is 137 Å². The Morgan fingerprint density at radius 1 is 0.337 bits per heavy atom. The average molecular weight is 1080 g/mol. The van der Waals surface area contributed by atoms with Crippen LogP contribution in [0.5, 0.6) is 0 Å². The minimum absolute atomic E-state index is 0.0195. The monoisotopic (exact) mass is 1080 g/mol. The Kier molecular flexibility index (Phi) is 12.3. The minimum Gasteiger partial charge on any atom is -0.309 e. The van der Waals surface area contributed by atoms with Crippen LogP contribution in [0.3, 0.4) is 0 Å². The molecule has 0 saturated carbocycles. The summed E-state index contributed by atoms with van der Waals surface area (Å²) in [6, 6.07) is 114. The number of nitrogens with zero attached hydrogens (tertiary/aromatic N) is 1. The van der Waals surface area contributed by atoms with Gasteiger partial charge in [0.25, 0.3) is 0 Å². The third-order valence-electron chi connectivity index (χ3n) is 17.3. The van der Waals surface area contributed by atoms with Crippen LogP contribution < -0.4 is 4.90 Å². The molecule has 0 bridgehead atoms. The van der Waals surface area contributed by atoms with Gasteiger partial charge >= 0.3 is 0 Å². The lowest BCUT2D eigenvalue weighted by Crippen LogP contribution is -2.28. The van der Waals surface area contributed by atoms with Crippen molar-refractivity contribution in [1.82, 2.24) is 0 Å². The van der Waals surface area contributed by atoms with E-state index in [1.54, 1.807) is 0 Å². The Morgan fingerprint density at radius 2 is 0.867 bits per heavy atom. The molecule has 0 radical (unpaired) electrons. The molecule has 1 aromatic heterocycles. The molecule has 1 heterocycles. The molecule has 1 nitrogen and oxygen atoms in total. The molecule has 13 aromatic carbocycles. The second-order valence-electron chi connectivity index (χ2n) is 23.1. The normalized spacial score (nSPS) is 12.6. The summed E-state index contributed by atoms with van der Waals surface area (Å²) in [6.45, 7) is 6.87. The Labute approximate surface area is 490 Å². The van der Waals surface area contributed by atoms with Crippen molar-refractivity contribution in [2.75, 3.05) is 4.90 Å². The zero-order valence-corrected chi connectivity index (χ0v) is 47.5. The molecule has 1 aliphatic rings. The molecule has 2 heteroatoms. The van der Waals surface area contributed by atoms with Crippen molar-refractivity contribution in [2.45, 2.75) is 31.6 Å². The minimum atomic E-state index is -0.563. The van der Waals surface area contributed by atoms with E-state index in [0.29, 0.717) is 0 Å². The second-order valence-corrected chi connectivity index (χ2v) is 24.2. The van der Waals surface area contributed by atoms with Crippen LogP contribution in [0, 0.1) is 0 Å². The van der Waals surface area contributed by atoms with Gasteiger partial charge in [-0.3, -0.25) is 0 Å². The largest absolute Gasteiger partial charge is 0.309 e. The molecule has 0 amide bonds. The van der Waals surface area contributed by atoms with Crippen molar-refractivity contribution in [1.29, 1.82) is 0 Å². The summed E-state index contributed by atoms with van der Waals surface area (Å²) < 4.78 is 2.58. The maximum Gasteiger partial charge on any atom is 0.0713 e. The lowest BCUT2D eigenvalue weighted by Gasteiger charge is -2.35. The number of thiophene rings is 1. The third kappa shape index (κ3) is 8.35. The molecule has 1 aliphatic carbocycles. The van der Waals surface area contributed by atoms with E-state index in [1.807, 2.05) is 11.3 Å². The van der Waals surface area contributed by atoms with Gasteiger partial charge in [-0.25, -0.2) is 0 Å². The Hall–Kier alpha value is -9.86. The van der Waals surface area contributed by atoms with E-state index >= 15 is 0 Å². The third-order valence-corrected chi connectivity index (χ3v) is 18.5. The zero-order valence-electron chi connectivity index (χ0n) is 46.7. The van der Waals surface area contributed by atoms with Gasteiger partial charge in [0.2, 0.25) is 0 Å². The van der Waals surface area contributed by atoms with Crippen LogP contribution in [0.15, 0.2) is 303 Å². The van der Waals surface area contributed by atoms with Crippen molar-refractivity contribution in [3.63, 3.8) is 0 Å². The fraction of sp³-hybridized carbons (Fsp3) is 0.0617. The fourth-order valence-corrected chi connectivity index (χ4v) is 14.6. The number of rotatable bonds is 10. The first-order valence-electron chi connectivity index (χ1n) is 28.9. The van der Waals surface area contributed by atoms with Crippen LogP contribution in [-0.4, -0.2) is 0 Å². The van der Waals surface area contributed by atoms with Crippen LogP contribution in [0.25, 0.3) is 97.7 Å². The highest BCUT2D eigenvalue weighted by molar-refractivity contribution is 7.26. The molecule has 0 N–H and O–H groups in total. The van der Waals surface area contributed by atoms with Crippen molar-refractivity contribution < 1.29 is 0 Å². The molecule has 15 rings (SSSR count). The van der Waals surface area contributed by atoms with Gasteiger partial charge in [0.1, 0.15) is 0 Å². The van der Waals surface area contributed by atoms with E-state index in [9.17, 15) is 0 Å². The summed E-state index contributed by atoms with van der Waals surface area (Å²) in [5.74, 6) is 0. The van der Waals surface area contributed by atoms with Crippen molar-refractivity contribution in [3.05, 3.63) is 331 Å². The predicted octanol–water partition coefficient (Wildman–Crippen LogP) is 22.7. The molecule has 0 spiro atoms. The van der Waals surface area contributed by atoms with Crippen LogP contribution >= 0.6 is 11.3 Å². The lowest BCUT2D eigenvalue weighted by molar-refractivity contribution is 0.590. The maximum absolute atomic E-state index is 2.63. The van der Waals surface area contributed by atoms with Gasteiger partial charge in [0, 0.05) is 42.6 Å². The van der Waals surface area contributed by atoms with Gasteiger partial charge in [0.05, 0.1) is 16.8 Å². The Bertz CT molecular complexity index is 4640. The molecule has 0 atom stereocenters. The Morgan fingerprint density at radius 3 is 1.53 bits per heavy atom. The molecule has 0 fully saturated rings. The van der Waals surface area contributed by atoms with Crippen LogP contribution in [-0.2, 0) is 10.8 Å². The zero-order chi connectivity index (χ0) is 55.7. The number of anilines is 3. The molecule has 0 unspecified atom stereocenters. The van der Waals surface area contributed by atoms with Gasteiger partial charge in [-0.15, -0.1) is 11.3 Å². The smallest absolute Gasteiger partial charge is 0.0713 e. The molecule has 0 saturated heterocycles. The fourth-order valence-electron chi connectivity index (χ4n) is 13.5. The van der Waals surface area contributed by atoms with Crippen molar-refractivity contribution in [3.8, 4) is 66.8 Å². The first-order valence-corrected chi connectivity index (χ1v) is 29.7. The summed E-state index contributed by atoms with van der Waals surface area (Å²) >= 11 is 1.87. The van der Waals surface area contributed by atoms with Gasteiger partial charge in [0.15, 0.2) is 0 Å². The highest BCUT2D eigenvalue weighted by atomic mass is 32.1. The summed E-state index contributed by atoms with van der Waals surface area (Å²) in [7, 11) is 0. The highest BCUT2D eigenvalue weighted by Crippen LogP contribution is 2.59. The van der Waals surface area contributed by atoms with Gasteiger partial charge in [-0.2, -0.15) is 0 Å². The summed E-state index contributed by atoms with van der Waals surface area (Å²) in [4.78, 5) is 2.63. The van der Waals surface area contributed by atoms with E-state index in [0.717, 1.165) is 44.9 Å². The molecule has 83 heavy (non-hydrogen) atoms. The second kappa shape index (κ2) is 20.3. The number of hydrogen-bond acceptors (Lipinski definition) is 2. The van der Waals surface area contributed by atoms with Crippen molar-refractivity contribution in [2.24, 2.45) is 0 Å². The van der Waals surface area contributed by atoms with Crippen LogP contribution in [0.1, 0.15) is 48.6 Å². The highest BCUT2D eigenvalue weighted by Gasteiger charge is 2.46. The van der Waals surface area contributed by atoms with Gasteiger partial charge < -0.3 is 4.90 Å². The summed E-state index contributed by atoms with van der Waals surface area (Å²) in [6.07, 6.45) is 0. The van der Waals surface area contributed by atoms with E-state index in [1.165, 1.54) is 97.7 Å². The van der Waals surface area contributed by atoms with Crippen LogP contribution in [0.2, 0.25) is 0 Å². The molecule has 0 aliphatic heterocycles. The average Bonchev–Trinajstić information content (AvgIpc) is 2.90. The first kappa shape index (κ1) is 50.1. The quantitative estimate of drug-likeness (QED) is 0.132. The lowest BCUT2D eigenvalue weighted by atomic mass is 9.68. The van der Waals surface area contributed by atoms with E-state index < -0.39 is 5.41 Å². The predicted molar refractivity (Wildman–Crippen MR) is 355 cm³/mol. The summed E-state index contributed by atoms with van der Waals surface area (Å²) in [5, 5.41) is 4.94. The van der Waals surface area contributed by atoms with Crippen molar-refractivity contribution >= 4 is 59.3 Å². The standard InChI is InChI=1S/C81H59NS/c1-80(2,3)59-46-43-54(44-47-59)58-51-69(55-25-8-4-9-26-55)79(70(52-58)56-27-10-5-11-28-56)82(62-48-49-73-71(53-62)65-36-20-22-40-72(65)81(73,60-30-12-6-13-31-60)61-32-14-7-15-33-61)74-50-45-57-29-16-17-34-63(57)77(74)66-37-19-18-35-64(66)67-39-24-42-76-78(67)68-38-21-23-41-75(68)83-76/h4-53H,1-3H3. The van der Waals surface area contributed by atoms with Gasteiger partial charge in [-0.1, -0.05) is 282 Å². The van der Waals surface area contributed by atoms with E-state index in [2.05, 4.69) is 329 Å². The molecular weight excluding hydrogens is 1020 g/mol. The number of hydrogen-bond donors (Lipinski definition) is 0. The topological polar surface area (TPSA) is 3.24 Å². The summed E-state index contributed by atoms with van der Waals surface area (Å²) in [5.41, 5.74) is 23.1. The maximum atomic E-state index is 2.63. The van der Waals surface area contributed by atoms with E-state index in [-0.39, 0.29) is 5.41 Å². The molecule has 394 valence electrons. The Balaban J connectivity index is 1.09. The number of fused-ring (bicyclic) bond motifs is 7. The molecular formula is C81H59NS. The number of benzene rings is 13. The SMILES string of the molecule is CC(C)(C)c1ccc(-c2cc(-c3ccccc3)c(N(c3ccc4c(c3)-c3ccccc3C4(c3ccccc3)c3ccccc3)c3ccc4ccccc4c3-c3ccccc3-c3cccc4sc5ccccc5c34)c(-c3ccccc3)c2)cc1. The van der Waals surface area contributed by atoms with Crippen LogP contribution in [0.4, 0.5) is 17.1 Å². The first-order chi connectivity index (χ1) is 40.8.